The number of hydrogen-bond acceptors (Lipinski definition) is 3. The van der Waals surface area contributed by atoms with Crippen LogP contribution in [0.3, 0.4) is 0 Å². The van der Waals surface area contributed by atoms with Crippen LogP contribution >= 0.6 is 15.9 Å². The molecular formula is C14H21BrN2O. The van der Waals surface area contributed by atoms with Crippen LogP contribution in [0.5, 0.6) is 0 Å². The van der Waals surface area contributed by atoms with Crippen molar-refractivity contribution in [2.45, 2.75) is 13.0 Å². The van der Waals surface area contributed by atoms with Gasteiger partial charge < -0.3 is 15.4 Å². The van der Waals surface area contributed by atoms with E-state index >= 15 is 0 Å². The van der Waals surface area contributed by atoms with Crippen LogP contribution in [-0.4, -0.2) is 38.3 Å². The maximum atomic E-state index is 5.92. The van der Waals surface area contributed by atoms with E-state index in [1.807, 2.05) is 0 Å². The molecule has 1 aromatic rings. The molecule has 0 radical (unpaired) electrons. The fourth-order valence-electron chi connectivity index (χ4n) is 2.58. The molecule has 2 rings (SSSR count). The first-order chi connectivity index (χ1) is 8.63. The lowest BCUT2D eigenvalue weighted by atomic mass is 9.87. The summed E-state index contributed by atoms with van der Waals surface area (Å²) in [5, 5.41) is 0. The van der Waals surface area contributed by atoms with Crippen LogP contribution < -0.4 is 5.73 Å². The van der Waals surface area contributed by atoms with Crippen molar-refractivity contribution in [1.82, 2.24) is 4.90 Å². The number of nitrogens with zero attached hydrogens (tertiary/aromatic N) is 1. The Morgan fingerprint density at radius 1 is 1.50 bits per heavy atom. The second-order valence-electron chi connectivity index (χ2n) is 5.31. The van der Waals surface area contributed by atoms with Gasteiger partial charge in [0.15, 0.2) is 0 Å². The summed E-state index contributed by atoms with van der Waals surface area (Å²) in [7, 11) is 2.15. The van der Waals surface area contributed by atoms with E-state index in [4.69, 9.17) is 10.5 Å². The second-order valence-corrected chi connectivity index (χ2v) is 6.22. The Balaban J connectivity index is 1.93. The van der Waals surface area contributed by atoms with Crippen LogP contribution in [0, 0.1) is 5.41 Å². The van der Waals surface area contributed by atoms with Crippen LogP contribution in [0.25, 0.3) is 0 Å². The van der Waals surface area contributed by atoms with Gasteiger partial charge in [-0.1, -0.05) is 28.1 Å². The third kappa shape index (κ3) is 3.54. The molecule has 0 saturated carbocycles. The van der Waals surface area contributed by atoms with Gasteiger partial charge in [-0.15, -0.1) is 0 Å². The summed E-state index contributed by atoms with van der Waals surface area (Å²) in [5.74, 6) is 0. The number of nitrogens with two attached hydrogens (primary N) is 1. The molecule has 1 aliphatic rings. The van der Waals surface area contributed by atoms with E-state index in [2.05, 4.69) is 52.1 Å². The van der Waals surface area contributed by atoms with Crippen LogP contribution in [0.2, 0.25) is 0 Å². The number of halogens is 1. The molecule has 0 spiro atoms. The summed E-state index contributed by atoms with van der Waals surface area (Å²) in [5.41, 5.74) is 7.39. The third-order valence-electron chi connectivity index (χ3n) is 3.56. The lowest BCUT2D eigenvalue weighted by Gasteiger charge is -2.31. The minimum atomic E-state index is 0.154. The first-order valence-electron chi connectivity index (χ1n) is 6.34. The van der Waals surface area contributed by atoms with E-state index in [1.165, 1.54) is 5.56 Å². The largest absolute Gasteiger partial charge is 0.381 e. The van der Waals surface area contributed by atoms with E-state index in [-0.39, 0.29) is 5.41 Å². The van der Waals surface area contributed by atoms with Gasteiger partial charge in [0.05, 0.1) is 6.61 Å². The first-order valence-corrected chi connectivity index (χ1v) is 7.14. The van der Waals surface area contributed by atoms with E-state index in [0.717, 1.165) is 37.2 Å². The molecule has 1 aliphatic heterocycles. The second kappa shape index (κ2) is 6.15. The fraction of sp³-hybridized carbons (Fsp3) is 0.571. The highest BCUT2D eigenvalue weighted by Crippen LogP contribution is 2.28. The van der Waals surface area contributed by atoms with Crippen molar-refractivity contribution in [2.75, 3.05) is 33.4 Å². The van der Waals surface area contributed by atoms with Gasteiger partial charge in [0.25, 0.3) is 0 Å². The molecule has 0 bridgehead atoms. The van der Waals surface area contributed by atoms with E-state index in [1.54, 1.807) is 0 Å². The van der Waals surface area contributed by atoms with Crippen LogP contribution in [0.4, 0.5) is 0 Å². The van der Waals surface area contributed by atoms with Gasteiger partial charge in [0, 0.05) is 36.1 Å². The van der Waals surface area contributed by atoms with Gasteiger partial charge in [0.2, 0.25) is 0 Å². The predicted octanol–water partition coefficient (Wildman–Crippen LogP) is 2.25. The molecule has 18 heavy (non-hydrogen) atoms. The Hall–Kier alpha value is -0.420. The van der Waals surface area contributed by atoms with E-state index in [9.17, 15) is 0 Å². The molecule has 0 aromatic heterocycles. The van der Waals surface area contributed by atoms with Crippen molar-refractivity contribution in [3.8, 4) is 0 Å². The number of benzene rings is 1. The van der Waals surface area contributed by atoms with Gasteiger partial charge in [-0.3, -0.25) is 0 Å². The third-order valence-corrected chi connectivity index (χ3v) is 4.06. The Labute approximate surface area is 117 Å². The summed E-state index contributed by atoms with van der Waals surface area (Å²) in [4.78, 5) is 2.34. The lowest BCUT2D eigenvalue weighted by molar-refractivity contribution is 0.123. The highest BCUT2D eigenvalue weighted by Gasteiger charge is 2.34. The zero-order valence-electron chi connectivity index (χ0n) is 10.9. The van der Waals surface area contributed by atoms with Crippen molar-refractivity contribution >= 4 is 15.9 Å². The maximum Gasteiger partial charge on any atom is 0.0547 e. The van der Waals surface area contributed by atoms with E-state index in [0.29, 0.717) is 6.54 Å². The normalized spacial score (nSPS) is 23.8. The summed E-state index contributed by atoms with van der Waals surface area (Å²) in [6.07, 6.45) is 1.08. The summed E-state index contributed by atoms with van der Waals surface area (Å²) in [6, 6.07) is 8.44. The minimum Gasteiger partial charge on any atom is -0.381 e. The zero-order valence-corrected chi connectivity index (χ0v) is 12.4. The molecule has 1 aromatic carbocycles. The molecule has 0 amide bonds. The van der Waals surface area contributed by atoms with Crippen molar-refractivity contribution < 1.29 is 4.74 Å². The monoisotopic (exact) mass is 312 g/mol. The number of rotatable bonds is 5. The van der Waals surface area contributed by atoms with Crippen LogP contribution in [0.1, 0.15) is 12.0 Å². The lowest BCUT2D eigenvalue weighted by Crippen LogP contribution is -2.41. The first kappa shape index (κ1) is 14.0. The van der Waals surface area contributed by atoms with Crippen molar-refractivity contribution in [3.63, 3.8) is 0 Å². The van der Waals surface area contributed by atoms with Gasteiger partial charge >= 0.3 is 0 Å². The van der Waals surface area contributed by atoms with Gasteiger partial charge in [-0.05, 0) is 31.2 Å². The molecule has 2 N–H and O–H groups in total. The Bertz CT molecular complexity index is 391. The van der Waals surface area contributed by atoms with Crippen molar-refractivity contribution in [1.29, 1.82) is 0 Å². The number of hydrogen-bond donors (Lipinski definition) is 1. The SMILES string of the molecule is CN(Cc1cccc(Br)c1)CC1(CN)CCOC1. The van der Waals surface area contributed by atoms with Crippen LogP contribution in [-0.2, 0) is 11.3 Å². The fourth-order valence-corrected chi connectivity index (χ4v) is 3.02. The summed E-state index contributed by atoms with van der Waals surface area (Å²) in [6.45, 7) is 4.29. The smallest absolute Gasteiger partial charge is 0.0547 e. The Morgan fingerprint density at radius 3 is 2.94 bits per heavy atom. The van der Waals surface area contributed by atoms with Crippen molar-refractivity contribution in [2.24, 2.45) is 11.1 Å². The highest BCUT2D eigenvalue weighted by molar-refractivity contribution is 9.10. The Morgan fingerprint density at radius 2 is 2.33 bits per heavy atom. The average Bonchev–Trinajstić information content (AvgIpc) is 2.78. The molecule has 4 heteroatoms. The zero-order chi connectivity index (χ0) is 13.0. The average molecular weight is 313 g/mol. The topological polar surface area (TPSA) is 38.5 Å². The molecule has 1 saturated heterocycles. The molecule has 0 aliphatic carbocycles. The quantitative estimate of drug-likeness (QED) is 0.906. The molecule has 1 unspecified atom stereocenters. The molecule has 1 atom stereocenters. The molecule has 1 heterocycles. The molecule has 1 fully saturated rings. The van der Waals surface area contributed by atoms with Gasteiger partial charge in [-0.25, -0.2) is 0 Å². The summed E-state index contributed by atoms with van der Waals surface area (Å²) < 4.78 is 6.64. The van der Waals surface area contributed by atoms with Crippen LogP contribution in [0.15, 0.2) is 28.7 Å². The van der Waals surface area contributed by atoms with Gasteiger partial charge in [-0.2, -0.15) is 0 Å². The Kier molecular flexibility index (Phi) is 4.78. The minimum absolute atomic E-state index is 0.154. The van der Waals surface area contributed by atoms with Gasteiger partial charge in [0.1, 0.15) is 0 Å². The maximum absolute atomic E-state index is 5.92. The molecular weight excluding hydrogens is 292 g/mol. The molecule has 3 nitrogen and oxygen atoms in total. The van der Waals surface area contributed by atoms with Crippen molar-refractivity contribution in [3.05, 3.63) is 34.3 Å². The number of ether oxygens (including phenoxy) is 1. The standard InChI is InChI=1S/C14H21BrN2O/c1-17(8-12-3-2-4-13(15)7-12)10-14(9-16)5-6-18-11-14/h2-4,7H,5-6,8-11,16H2,1H3. The predicted molar refractivity (Wildman–Crippen MR) is 77.4 cm³/mol. The van der Waals surface area contributed by atoms with E-state index < -0.39 is 0 Å². The summed E-state index contributed by atoms with van der Waals surface area (Å²) >= 11 is 3.51. The highest BCUT2D eigenvalue weighted by atomic mass is 79.9. The molecule has 100 valence electrons.